The van der Waals surface area contributed by atoms with Gasteiger partial charge in [0.1, 0.15) is 17.2 Å². The van der Waals surface area contributed by atoms with E-state index in [0.29, 0.717) is 6.54 Å². The standard InChI is InChI=1S/C23H21NO3/c1-26-17-12-10-16(11-13-17)14-15-24-23(25)22-18-6-2-4-8-20(18)27-21-9-5-3-7-19(21)22/h2-13,22H,14-15H2,1H3,(H,24,25). The molecule has 0 saturated heterocycles. The van der Waals surface area contributed by atoms with Gasteiger partial charge >= 0.3 is 0 Å². The summed E-state index contributed by atoms with van der Waals surface area (Å²) in [4.78, 5) is 13.0. The second-order valence-corrected chi connectivity index (χ2v) is 6.50. The SMILES string of the molecule is COc1ccc(CCNC(=O)C2c3ccccc3Oc3ccccc32)cc1. The number of hydrogen-bond donors (Lipinski definition) is 1. The molecule has 4 nitrogen and oxygen atoms in total. The van der Waals surface area contributed by atoms with Crippen molar-refractivity contribution in [1.29, 1.82) is 0 Å². The second kappa shape index (κ2) is 7.54. The van der Waals surface area contributed by atoms with E-state index >= 15 is 0 Å². The number of hydrogen-bond acceptors (Lipinski definition) is 3. The van der Waals surface area contributed by atoms with Crippen LogP contribution in [0.15, 0.2) is 72.8 Å². The van der Waals surface area contributed by atoms with E-state index < -0.39 is 0 Å². The molecule has 0 spiro atoms. The van der Waals surface area contributed by atoms with Crippen LogP contribution in [0.25, 0.3) is 0 Å². The summed E-state index contributed by atoms with van der Waals surface area (Å²) >= 11 is 0. The van der Waals surface area contributed by atoms with E-state index in [1.165, 1.54) is 0 Å². The lowest BCUT2D eigenvalue weighted by Crippen LogP contribution is -2.33. The Morgan fingerprint density at radius 1 is 0.926 bits per heavy atom. The Morgan fingerprint density at radius 3 is 2.11 bits per heavy atom. The Kier molecular flexibility index (Phi) is 4.79. The monoisotopic (exact) mass is 359 g/mol. The lowest BCUT2D eigenvalue weighted by atomic mass is 9.87. The molecule has 0 aliphatic carbocycles. The summed E-state index contributed by atoms with van der Waals surface area (Å²) in [5.41, 5.74) is 2.96. The molecule has 0 radical (unpaired) electrons. The van der Waals surface area contributed by atoms with Crippen molar-refractivity contribution in [3.63, 3.8) is 0 Å². The van der Waals surface area contributed by atoms with E-state index in [9.17, 15) is 4.79 Å². The van der Waals surface area contributed by atoms with Crippen LogP contribution in [0.4, 0.5) is 0 Å². The summed E-state index contributed by atoms with van der Waals surface area (Å²) < 4.78 is 11.1. The fourth-order valence-corrected chi connectivity index (χ4v) is 3.42. The number of amides is 1. The van der Waals surface area contributed by atoms with E-state index in [-0.39, 0.29) is 11.8 Å². The number of carbonyl (C=O) groups excluding carboxylic acids is 1. The zero-order valence-corrected chi connectivity index (χ0v) is 15.1. The first-order chi connectivity index (χ1) is 13.3. The summed E-state index contributed by atoms with van der Waals surface area (Å²) in [6.07, 6.45) is 0.766. The number of carbonyl (C=O) groups is 1. The molecule has 0 fully saturated rings. The normalized spacial score (nSPS) is 12.5. The lowest BCUT2D eigenvalue weighted by molar-refractivity contribution is -0.121. The van der Waals surface area contributed by atoms with Gasteiger partial charge in [-0.1, -0.05) is 48.5 Å². The fourth-order valence-electron chi connectivity index (χ4n) is 3.42. The van der Waals surface area contributed by atoms with Crippen LogP contribution < -0.4 is 14.8 Å². The zero-order chi connectivity index (χ0) is 18.6. The van der Waals surface area contributed by atoms with Crippen LogP contribution in [0.5, 0.6) is 17.2 Å². The Morgan fingerprint density at radius 2 is 1.52 bits per heavy atom. The molecule has 0 bridgehead atoms. The summed E-state index contributed by atoms with van der Waals surface area (Å²) in [6, 6.07) is 23.3. The number of nitrogens with one attached hydrogen (secondary N) is 1. The maximum atomic E-state index is 13.0. The molecule has 4 heteroatoms. The highest BCUT2D eigenvalue weighted by Crippen LogP contribution is 2.43. The minimum absolute atomic E-state index is 0.00767. The molecular formula is C23H21NO3. The van der Waals surface area contributed by atoms with Crippen molar-refractivity contribution in [2.45, 2.75) is 12.3 Å². The predicted molar refractivity (Wildman–Crippen MR) is 105 cm³/mol. The van der Waals surface area contributed by atoms with Gasteiger partial charge in [-0.3, -0.25) is 4.79 Å². The van der Waals surface area contributed by atoms with Gasteiger partial charge in [0.25, 0.3) is 0 Å². The van der Waals surface area contributed by atoms with Crippen molar-refractivity contribution in [3.8, 4) is 17.2 Å². The van der Waals surface area contributed by atoms with Gasteiger partial charge in [0.15, 0.2) is 0 Å². The minimum Gasteiger partial charge on any atom is -0.497 e. The molecule has 1 heterocycles. The molecule has 1 aliphatic heterocycles. The van der Waals surface area contributed by atoms with E-state index in [2.05, 4.69) is 5.32 Å². The van der Waals surface area contributed by atoms with Gasteiger partial charge in [0, 0.05) is 17.7 Å². The molecule has 0 unspecified atom stereocenters. The first-order valence-electron chi connectivity index (χ1n) is 9.02. The van der Waals surface area contributed by atoms with Gasteiger partial charge in [0.05, 0.1) is 13.0 Å². The molecule has 1 aliphatic rings. The smallest absolute Gasteiger partial charge is 0.232 e. The highest BCUT2D eigenvalue weighted by molar-refractivity contribution is 5.89. The number of benzene rings is 3. The van der Waals surface area contributed by atoms with Crippen molar-refractivity contribution in [2.75, 3.05) is 13.7 Å². The Balaban J connectivity index is 1.50. The number of rotatable bonds is 5. The third kappa shape index (κ3) is 3.51. The minimum atomic E-state index is -0.359. The van der Waals surface area contributed by atoms with Gasteiger partial charge in [-0.25, -0.2) is 0 Å². The third-order valence-electron chi connectivity index (χ3n) is 4.81. The van der Waals surface area contributed by atoms with E-state index in [1.54, 1.807) is 7.11 Å². The van der Waals surface area contributed by atoms with E-state index in [0.717, 1.165) is 40.4 Å². The topological polar surface area (TPSA) is 47.6 Å². The highest BCUT2D eigenvalue weighted by atomic mass is 16.5. The van der Waals surface area contributed by atoms with Crippen molar-refractivity contribution in [1.82, 2.24) is 5.32 Å². The first kappa shape index (κ1) is 17.2. The number of ether oxygens (including phenoxy) is 2. The van der Waals surface area contributed by atoms with Crippen molar-refractivity contribution in [3.05, 3.63) is 89.5 Å². The Bertz CT molecular complexity index is 904. The molecule has 27 heavy (non-hydrogen) atoms. The second-order valence-electron chi connectivity index (χ2n) is 6.50. The number of methoxy groups -OCH3 is 1. The zero-order valence-electron chi connectivity index (χ0n) is 15.1. The maximum absolute atomic E-state index is 13.0. The van der Waals surface area contributed by atoms with Gasteiger partial charge in [0.2, 0.25) is 5.91 Å². The third-order valence-corrected chi connectivity index (χ3v) is 4.81. The van der Waals surface area contributed by atoms with Crippen LogP contribution in [0.2, 0.25) is 0 Å². The van der Waals surface area contributed by atoms with E-state index in [1.807, 2.05) is 72.8 Å². The Labute approximate surface area is 158 Å². The molecule has 0 aromatic heterocycles. The van der Waals surface area contributed by atoms with Crippen molar-refractivity contribution in [2.24, 2.45) is 0 Å². The average Bonchev–Trinajstić information content (AvgIpc) is 2.72. The maximum Gasteiger partial charge on any atom is 0.232 e. The summed E-state index contributed by atoms with van der Waals surface area (Å²) in [5, 5.41) is 3.09. The van der Waals surface area contributed by atoms with Crippen LogP contribution in [-0.2, 0) is 11.2 Å². The van der Waals surface area contributed by atoms with Gasteiger partial charge in [-0.05, 0) is 36.2 Å². The van der Waals surface area contributed by atoms with Crippen molar-refractivity contribution < 1.29 is 14.3 Å². The molecule has 1 N–H and O–H groups in total. The van der Waals surface area contributed by atoms with Crippen LogP contribution in [-0.4, -0.2) is 19.6 Å². The lowest BCUT2D eigenvalue weighted by Gasteiger charge is -2.27. The average molecular weight is 359 g/mol. The predicted octanol–water partition coefficient (Wildman–Crippen LogP) is 4.29. The number of para-hydroxylation sites is 2. The first-order valence-corrected chi connectivity index (χ1v) is 9.02. The molecule has 3 aromatic rings. The van der Waals surface area contributed by atoms with E-state index in [4.69, 9.17) is 9.47 Å². The van der Waals surface area contributed by atoms with Crippen LogP contribution in [0, 0.1) is 0 Å². The summed E-state index contributed by atoms with van der Waals surface area (Å²) in [7, 11) is 1.65. The highest BCUT2D eigenvalue weighted by Gasteiger charge is 2.32. The van der Waals surface area contributed by atoms with Crippen LogP contribution >= 0.6 is 0 Å². The van der Waals surface area contributed by atoms with Crippen molar-refractivity contribution >= 4 is 5.91 Å². The summed E-state index contributed by atoms with van der Waals surface area (Å²) in [5.74, 6) is 1.95. The van der Waals surface area contributed by atoms with Gasteiger partial charge in [-0.15, -0.1) is 0 Å². The largest absolute Gasteiger partial charge is 0.497 e. The molecule has 0 atom stereocenters. The number of fused-ring (bicyclic) bond motifs is 2. The molecule has 1 amide bonds. The van der Waals surface area contributed by atoms with Crippen LogP contribution in [0.3, 0.4) is 0 Å². The van der Waals surface area contributed by atoms with Gasteiger partial charge in [-0.2, -0.15) is 0 Å². The Hall–Kier alpha value is -3.27. The fraction of sp³-hybridized carbons (Fsp3) is 0.174. The quantitative estimate of drug-likeness (QED) is 0.739. The molecule has 136 valence electrons. The molecular weight excluding hydrogens is 338 g/mol. The summed E-state index contributed by atoms with van der Waals surface area (Å²) in [6.45, 7) is 0.576. The molecule has 3 aromatic carbocycles. The molecule has 4 rings (SSSR count). The van der Waals surface area contributed by atoms with Gasteiger partial charge < -0.3 is 14.8 Å². The van der Waals surface area contributed by atoms with Crippen LogP contribution in [0.1, 0.15) is 22.6 Å². The molecule has 0 saturated carbocycles.